The molecular formula is C12H21NO6S. The molecule has 2 atom stereocenters. The Morgan fingerprint density at radius 1 is 1.45 bits per heavy atom. The van der Waals surface area contributed by atoms with Crippen molar-refractivity contribution in [2.24, 2.45) is 5.41 Å². The number of carbonyl (C=O) groups excluding carboxylic acids is 1. The molecule has 0 spiro atoms. The van der Waals surface area contributed by atoms with Crippen molar-refractivity contribution in [1.82, 2.24) is 4.72 Å². The summed E-state index contributed by atoms with van der Waals surface area (Å²) in [6, 6.07) is -0.594. The Kier molecular flexibility index (Phi) is 5.52. The molecule has 0 aromatic rings. The Labute approximate surface area is 118 Å². The van der Waals surface area contributed by atoms with Gasteiger partial charge in [0.05, 0.1) is 18.3 Å². The smallest absolute Gasteiger partial charge is 0.310 e. The summed E-state index contributed by atoms with van der Waals surface area (Å²) in [7, 11) is -2.35. The number of carbonyl (C=O) groups is 2. The van der Waals surface area contributed by atoms with Gasteiger partial charge in [0.2, 0.25) is 10.0 Å². The fraction of sp³-hybridized carbons (Fsp3) is 0.833. The molecule has 1 saturated carbocycles. The van der Waals surface area contributed by atoms with Crippen molar-refractivity contribution in [3.05, 3.63) is 0 Å². The van der Waals surface area contributed by atoms with Crippen LogP contribution in [0.4, 0.5) is 0 Å². The van der Waals surface area contributed by atoms with Crippen LogP contribution in [-0.4, -0.2) is 44.4 Å². The summed E-state index contributed by atoms with van der Waals surface area (Å²) < 4.78 is 30.7. The van der Waals surface area contributed by atoms with Gasteiger partial charge < -0.3 is 9.84 Å². The molecule has 0 aromatic carbocycles. The first-order chi connectivity index (χ1) is 9.21. The van der Waals surface area contributed by atoms with Crippen LogP contribution in [-0.2, 0) is 24.3 Å². The van der Waals surface area contributed by atoms with Gasteiger partial charge in [0.1, 0.15) is 0 Å². The maximum absolute atomic E-state index is 11.9. The largest absolute Gasteiger partial charge is 0.481 e. The molecule has 0 amide bonds. The van der Waals surface area contributed by atoms with Gasteiger partial charge in [-0.15, -0.1) is 0 Å². The fourth-order valence-electron chi connectivity index (χ4n) is 2.40. The van der Waals surface area contributed by atoms with Crippen LogP contribution in [0.2, 0.25) is 0 Å². The topological polar surface area (TPSA) is 110 Å². The van der Waals surface area contributed by atoms with Crippen LogP contribution in [0.15, 0.2) is 0 Å². The van der Waals surface area contributed by atoms with Gasteiger partial charge >= 0.3 is 11.9 Å². The summed E-state index contributed by atoms with van der Waals surface area (Å²) in [5, 5.41) is 9.22. The fourth-order valence-corrected chi connectivity index (χ4v) is 3.85. The maximum Gasteiger partial charge on any atom is 0.310 e. The number of nitrogens with one attached hydrogen (secondary N) is 1. The van der Waals surface area contributed by atoms with Crippen molar-refractivity contribution in [2.45, 2.75) is 45.1 Å². The highest BCUT2D eigenvalue weighted by Gasteiger charge is 2.46. The first-order valence-electron chi connectivity index (χ1n) is 6.51. The second kappa shape index (κ2) is 6.53. The SMILES string of the molecule is COC(=O)CCCS(=O)(=O)NC1CCCC1(C)C(=O)O. The lowest BCUT2D eigenvalue weighted by atomic mass is 9.85. The van der Waals surface area contributed by atoms with Crippen LogP contribution in [0.25, 0.3) is 0 Å². The van der Waals surface area contributed by atoms with Crippen molar-refractivity contribution in [2.75, 3.05) is 12.9 Å². The van der Waals surface area contributed by atoms with Gasteiger partial charge in [0.15, 0.2) is 0 Å². The Bertz CT molecular complexity index is 474. The number of carboxylic acids is 1. The number of esters is 1. The van der Waals surface area contributed by atoms with E-state index < -0.39 is 33.4 Å². The first-order valence-corrected chi connectivity index (χ1v) is 8.17. The van der Waals surface area contributed by atoms with E-state index in [0.29, 0.717) is 19.3 Å². The molecule has 1 rings (SSSR count). The van der Waals surface area contributed by atoms with Crippen molar-refractivity contribution in [3.8, 4) is 0 Å². The molecule has 8 heteroatoms. The zero-order chi connectivity index (χ0) is 15.4. The third-order valence-electron chi connectivity index (χ3n) is 3.79. The molecule has 20 heavy (non-hydrogen) atoms. The molecule has 2 N–H and O–H groups in total. The molecule has 116 valence electrons. The van der Waals surface area contributed by atoms with Gasteiger partial charge in [0, 0.05) is 12.5 Å². The van der Waals surface area contributed by atoms with Crippen LogP contribution >= 0.6 is 0 Å². The summed E-state index contributed by atoms with van der Waals surface area (Å²) in [6.45, 7) is 1.56. The molecule has 0 saturated heterocycles. The molecule has 1 aliphatic carbocycles. The van der Waals surface area contributed by atoms with Gasteiger partial charge in [-0.2, -0.15) is 0 Å². The number of hydrogen-bond donors (Lipinski definition) is 2. The van der Waals surface area contributed by atoms with Crippen molar-refractivity contribution >= 4 is 22.0 Å². The van der Waals surface area contributed by atoms with E-state index in [4.69, 9.17) is 0 Å². The molecule has 0 radical (unpaired) electrons. The van der Waals surface area contributed by atoms with Gasteiger partial charge in [-0.3, -0.25) is 9.59 Å². The van der Waals surface area contributed by atoms with Crippen molar-refractivity contribution in [1.29, 1.82) is 0 Å². The number of sulfonamides is 1. The number of hydrogen-bond acceptors (Lipinski definition) is 5. The molecule has 0 heterocycles. The van der Waals surface area contributed by atoms with E-state index in [0.717, 1.165) is 0 Å². The molecule has 2 unspecified atom stereocenters. The van der Waals surface area contributed by atoms with Gasteiger partial charge in [-0.05, 0) is 26.2 Å². The quantitative estimate of drug-likeness (QED) is 0.663. The third-order valence-corrected chi connectivity index (χ3v) is 5.26. The van der Waals surface area contributed by atoms with E-state index in [1.807, 2.05) is 0 Å². The van der Waals surface area contributed by atoms with E-state index >= 15 is 0 Å². The van der Waals surface area contributed by atoms with Crippen LogP contribution in [0.3, 0.4) is 0 Å². The Hall–Kier alpha value is -1.15. The predicted molar refractivity (Wildman–Crippen MR) is 71.6 cm³/mol. The standard InChI is InChI=1S/C12H21NO6S/c1-12(11(15)16)7-3-5-9(12)13-20(17,18)8-4-6-10(14)19-2/h9,13H,3-8H2,1-2H3,(H,15,16). The summed E-state index contributed by atoms with van der Waals surface area (Å²) in [5.74, 6) is -1.66. The van der Waals surface area contributed by atoms with E-state index in [1.165, 1.54) is 7.11 Å². The number of methoxy groups -OCH3 is 1. The van der Waals surface area contributed by atoms with E-state index in [2.05, 4.69) is 9.46 Å². The van der Waals surface area contributed by atoms with E-state index in [1.54, 1.807) is 6.92 Å². The molecule has 0 aromatic heterocycles. The lowest BCUT2D eigenvalue weighted by Crippen LogP contribution is -2.47. The normalized spacial score (nSPS) is 26.4. The highest BCUT2D eigenvalue weighted by Crippen LogP contribution is 2.38. The molecular weight excluding hydrogens is 286 g/mol. The average Bonchev–Trinajstić information content (AvgIpc) is 2.71. The second-order valence-corrected chi connectivity index (χ2v) is 7.16. The zero-order valence-electron chi connectivity index (χ0n) is 11.7. The summed E-state index contributed by atoms with van der Waals surface area (Å²) >= 11 is 0. The molecule has 0 bridgehead atoms. The van der Waals surface area contributed by atoms with Gasteiger partial charge in [-0.25, -0.2) is 13.1 Å². The summed E-state index contributed by atoms with van der Waals surface area (Å²) in [4.78, 5) is 22.2. The first kappa shape index (κ1) is 16.9. The van der Waals surface area contributed by atoms with Crippen LogP contribution < -0.4 is 4.72 Å². The minimum atomic E-state index is -3.59. The lowest BCUT2D eigenvalue weighted by molar-refractivity contribution is -0.148. The molecule has 0 aliphatic heterocycles. The Balaban J connectivity index is 2.58. The minimum absolute atomic E-state index is 0.0261. The maximum atomic E-state index is 11.9. The average molecular weight is 307 g/mol. The number of carboxylic acid groups (broad SMARTS) is 1. The Morgan fingerprint density at radius 3 is 2.65 bits per heavy atom. The van der Waals surface area contributed by atoms with Crippen molar-refractivity contribution < 1.29 is 27.9 Å². The monoisotopic (exact) mass is 307 g/mol. The zero-order valence-corrected chi connectivity index (χ0v) is 12.5. The number of aliphatic carboxylic acids is 1. The Morgan fingerprint density at radius 2 is 2.10 bits per heavy atom. The van der Waals surface area contributed by atoms with Gasteiger partial charge in [-0.1, -0.05) is 6.42 Å². The molecule has 1 aliphatic rings. The van der Waals surface area contributed by atoms with Crippen molar-refractivity contribution in [3.63, 3.8) is 0 Å². The number of ether oxygens (including phenoxy) is 1. The highest BCUT2D eigenvalue weighted by molar-refractivity contribution is 7.89. The number of rotatable bonds is 7. The van der Waals surface area contributed by atoms with Crippen LogP contribution in [0.1, 0.15) is 39.0 Å². The van der Waals surface area contributed by atoms with Gasteiger partial charge in [0.25, 0.3) is 0 Å². The second-order valence-electron chi connectivity index (χ2n) is 5.28. The van der Waals surface area contributed by atoms with E-state index in [9.17, 15) is 23.1 Å². The lowest BCUT2D eigenvalue weighted by Gasteiger charge is -2.27. The van der Waals surface area contributed by atoms with E-state index in [-0.39, 0.29) is 18.6 Å². The molecule has 7 nitrogen and oxygen atoms in total. The minimum Gasteiger partial charge on any atom is -0.481 e. The predicted octanol–water partition coefficient (Wildman–Crippen LogP) is 0.502. The third kappa shape index (κ3) is 4.17. The summed E-state index contributed by atoms with van der Waals surface area (Å²) in [6.07, 6.45) is 1.83. The molecule has 1 fully saturated rings. The summed E-state index contributed by atoms with van der Waals surface area (Å²) in [5.41, 5.74) is -1.06. The van der Waals surface area contributed by atoms with Crippen LogP contribution in [0, 0.1) is 5.41 Å². The highest BCUT2D eigenvalue weighted by atomic mass is 32.2. The van der Waals surface area contributed by atoms with Crippen LogP contribution in [0.5, 0.6) is 0 Å².